The number of benzene rings is 3. The summed E-state index contributed by atoms with van der Waals surface area (Å²) in [7, 11) is 0. The molecular formula is C23H23NO2. The first kappa shape index (κ1) is 17.7. The highest BCUT2D eigenvalue weighted by atomic mass is 16.3. The van der Waals surface area contributed by atoms with E-state index in [1.807, 2.05) is 43.3 Å². The third kappa shape index (κ3) is 4.31. The fourth-order valence-electron chi connectivity index (χ4n) is 3.04. The van der Waals surface area contributed by atoms with Crippen molar-refractivity contribution >= 4 is 11.5 Å². The van der Waals surface area contributed by atoms with Gasteiger partial charge in [0.25, 0.3) is 0 Å². The van der Waals surface area contributed by atoms with Crippen LogP contribution in [0.4, 0.5) is 5.69 Å². The zero-order valence-electron chi connectivity index (χ0n) is 14.9. The molecule has 3 heteroatoms. The predicted octanol–water partition coefficient (Wildman–Crippen LogP) is 5.19. The lowest BCUT2D eigenvalue weighted by Crippen LogP contribution is -2.24. The largest absolute Gasteiger partial charge is 0.508 e. The number of anilines is 1. The lowest BCUT2D eigenvalue weighted by Gasteiger charge is -2.27. The average Bonchev–Trinajstić information content (AvgIpc) is 2.68. The molecule has 0 saturated carbocycles. The van der Waals surface area contributed by atoms with Crippen molar-refractivity contribution in [2.24, 2.45) is 0 Å². The topological polar surface area (TPSA) is 40.5 Å². The second-order valence-corrected chi connectivity index (χ2v) is 6.31. The smallest absolute Gasteiger partial charge is 0.164 e. The third-order valence-corrected chi connectivity index (χ3v) is 4.38. The maximum Gasteiger partial charge on any atom is 0.164 e. The molecule has 0 aliphatic heterocycles. The van der Waals surface area contributed by atoms with Crippen molar-refractivity contribution in [2.45, 2.75) is 26.4 Å². The van der Waals surface area contributed by atoms with E-state index >= 15 is 0 Å². The molecule has 0 aliphatic rings. The van der Waals surface area contributed by atoms with Crippen LogP contribution in [0.1, 0.15) is 34.8 Å². The third-order valence-electron chi connectivity index (χ3n) is 4.38. The first-order valence-corrected chi connectivity index (χ1v) is 8.86. The number of phenolic OH excluding ortho intramolecular Hbond substituents is 1. The van der Waals surface area contributed by atoms with Gasteiger partial charge in [-0.2, -0.15) is 0 Å². The van der Waals surface area contributed by atoms with E-state index in [4.69, 9.17) is 0 Å². The molecule has 0 bridgehead atoms. The van der Waals surface area contributed by atoms with Gasteiger partial charge >= 0.3 is 0 Å². The Balaban J connectivity index is 2.02. The summed E-state index contributed by atoms with van der Waals surface area (Å²) in [5.74, 6) is 0.241. The van der Waals surface area contributed by atoms with Crippen LogP contribution in [0.15, 0.2) is 78.9 Å². The molecule has 0 aromatic heterocycles. The summed E-state index contributed by atoms with van der Waals surface area (Å²) in [4.78, 5) is 14.6. The summed E-state index contributed by atoms with van der Waals surface area (Å²) in [6, 6.07) is 25.3. The first-order chi connectivity index (χ1) is 12.7. The molecule has 0 aliphatic carbocycles. The average molecular weight is 345 g/mol. The second kappa shape index (κ2) is 8.34. The van der Waals surface area contributed by atoms with Crippen LogP contribution in [0.25, 0.3) is 0 Å². The van der Waals surface area contributed by atoms with Crippen molar-refractivity contribution in [3.05, 3.63) is 95.6 Å². The Labute approximate surface area is 154 Å². The predicted molar refractivity (Wildman–Crippen MR) is 105 cm³/mol. The summed E-state index contributed by atoms with van der Waals surface area (Å²) in [5.41, 5.74) is 3.73. The Kier molecular flexibility index (Phi) is 5.69. The molecule has 0 unspecified atom stereocenters. The molecule has 132 valence electrons. The van der Waals surface area contributed by atoms with Crippen LogP contribution in [-0.4, -0.2) is 10.9 Å². The number of carbonyl (C=O) groups excluding carboxylic acids is 1. The molecule has 0 atom stereocenters. The Bertz CT molecular complexity index is 818. The van der Waals surface area contributed by atoms with E-state index in [1.165, 1.54) is 0 Å². The normalized spacial score (nSPS) is 10.5. The van der Waals surface area contributed by atoms with E-state index in [0.29, 0.717) is 25.1 Å². The molecule has 0 saturated heterocycles. The first-order valence-electron chi connectivity index (χ1n) is 8.86. The van der Waals surface area contributed by atoms with Crippen LogP contribution < -0.4 is 4.90 Å². The van der Waals surface area contributed by atoms with Crippen molar-refractivity contribution in [1.82, 2.24) is 0 Å². The summed E-state index contributed by atoms with van der Waals surface area (Å²) < 4.78 is 0. The number of rotatable bonds is 7. The monoisotopic (exact) mass is 345 g/mol. The van der Waals surface area contributed by atoms with Crippen LogP contribution in [0.3, 0.4) is 0 Å². The molecule has 3 rings (SSSR count). The van der Waals surface area contributed by atoms with Gasteiger partial charge in [-0.3, -0.25) is 4.79 Å². The Morgan fingerprint density at radius 3 is 1.88 bits per heavy atom. The molecule has 3 aromatic carbocycles. The van der Waals surface area contributed by atoms with Gasteiger partial charge in [0.05, 0.1) is 5.69 Å². The lowest BCUT2D eigenvalue weighted by atomic mass is 10.0. The van der Waals surface area contributed by atoms with Crippen LogP contribution in [0.5, 0.6) is 5.75 Å². The van der Waals surface area contributed by atoms with E-state index < -0.39 is 0 Å². The molecule has 1 N–H and O–H groups in total. The highest BCUT2D eigenvalue weighted by Crippen LogP contribution is 2.29. The van der Waals surface area contributed by atoms with E-state index in [2.05, 4.69) is 29.2 Å². The number of aromatic hydroxyl groups is 1. The maximum absolute atomic E-state index is 12.4. The van der Waals surface area contributed by atoms with Crippen molar-refractivity contribution in [3.8, 4) is 5.75 Å². The van der Waals surface area contributed by atoms with E-state index in [-0.39, 0.29) is 11.5 Å². The molecule has 0 heterocycles. The van der Waals surface area contributed by atoms with Gasteiger partial charge in [0, 0.05) is 31.1 Å². The van der Waals surface area contributed by atoms with Crippen molar-refractivity contribution in [1.29, 1.82) is 0 Å². The van der Waals surface area contributed by atoms with Gasteiger partial charge in [-0.1, -0.05) is 67.6 Å². The molecule has 3 aromatic rings. The standard InChI is InChI=1S/C23H23NO2/c1-2-23(26)21-14-13-20(25)15-22(21)24(16-18-9-5-3-6-10-18)17-19-11-7-4-8-12-19/h3-15,25H,2,16-17H2,1H3. The summed E-state index contributed by atoms with van der Waals surface area (Å²) in [5, 5.41) is 10.0. The highest BCUT2D eigenvalue weighted by molar-refractivity contribution is 6.01. The minimum atomic E-state index is 0.0751. The van der Waals surface area contributed by atoms with Gasteiger partial charge in [-0.15, -0.1) is 0 Å². The second-order valence-electron chi connectivity index (χ2n) is 6.31. The van der Waals surface area contributed by atoms with E-state index in [9.17, 15) is 9.90 Å². The molecule has 26 heavy (non-hydrogen) atoms. The van der Waals surface area contributed by atoms with E-state index in [0.717, 1.165) is 16.8 Å². The fraction of sp³-hybridized carbons (Fsp3) is 0.174. The Morgan fingerprint density at radius 2 is 1.38 bits per heavy atom. The van der Waals surface area contributed by atoms with Crippen LogP contribution in [0.2, 0.25) is 0 Å². The highest BCUT2D eigenvalue weighted by Gasteiger charge is 2.17. The Morgan fingerprint density at radius 1 is 0.846 bits per heavy atom. The van der Waals surface area contributed by atoms with Gasteiger partial charge in [0.2, 0.25) is 0 Å². The van der Waals surface area contributed by atoms with Gasteiger partial charge in [-0.05, 0) is 23.3 Å². The van der Waals surface area contributed by atoms with Crippen molar-refractivity contribution in [3.63, 3.8) is 0 Å². The zero-order valence-corrected chi connectivity index (χ0v) is 14.9. The number of ketones is 1. The Hall–Kier alpha value is -3.07. The SMILES string of the molecule is CCC(=O)c1ccc(O)cc1N(Cc1ccccc1)Cc1ccccc1. The molecule has 0 fully saturated rings. The number of hydrogen-bond acceptors (Lipinski definition) is 3. The van der Waals surface area contributed by atoms with E-state index in [1.54, 1.807) is 18.2 Å². The molecule has 0 amide bonds. The number of carbonyl (C=O) groups is 1. The maximum atomic E-state index is 12.4. The number of hydrogen-bond donors (Lipinski definition) is 1. The molecular weight excluding hydrogens is 322 g/mol. The number of phenols is 1. The quantitative estimate of drug-likeness (QED) is 0.599. The lowest BCUT2D eigenvalue weighted by molar-refractivity contribution is 0.0988. The van der Waals surface area contributed by atoms with Gasteiger partial charge in [0.15, 0.2) is 5.78 Å². The molecule has 3 nitrogen and oxygen atoms in total. The van der Waals surface area contributed by atoms with Crippen molar-refractivity contribution in [2.75, 3.05) is 4.90 Å². The minimum Gasteiger partial charge on any atom is -0.508 e. The van der Waals surface area contributed by atoms with Crippen LogP contribution in [0, 0.1) is 0 Å². The van der Waals surface area contributed by atoms with Gasteiger partial charge in [-0.25, -0.2) is 0 Å². The number of nitrogens with zero attached hydrogens (tertiary/aromatic N) is 1. The van der Waals surface area contributed by atoms with Gasteiger partial charge in [0.1, 0.15) is 5.75 Å². The molecule has 0 spiro atoms. The van der Waals surface area contributed by atoms with Gasteiger partial charge < -0.3 is 10.0 Å². The molecule has 0 radical (unpaired) electrons. The zero-order chi connectivity index (χ0) is 18.4. The van der Waals surface area contributed by atoms with Crippen molar-refractivity contribution < 1.29 is 9.90 Å². The van der Waals surface area contributed by atoms with Crippen LogP contribution >= 0.6 is 0 Å². The van der Waals surface area contributed by atoms with Crippen LogP contribution in [-0.2, 0) is 13.1 Å². The summed E-state index contributed by atoms with van der Waals surface area (Å²) in [6.45, 7) is 3.17. The summed E-state index contributed by atoms with van der Waals surface area (Å²) in [6.07, 6.45) is 0.433. The number of Topliss-reactive ketones (excluding diaryl/α,β-unsaturated/α-hetero) is 1. The summed E-state index contributed by atoms with van der Waals surface area (Å²) >= 11 is 0. The minimum absolute atomic E-state index is 0.0751. The fourth-order valence-corrected chi connectivity index (χ4v) is 3.04.